The molecule has 230 valence electrons. The number of hydrogen-bond acceptors (Lipinski definition) is 5. The number of amides is 2. The van der Waals surface area contributed by atoms with E-state index in [-0.39, 0.29) is 29.5 Å². The van der Waals surface area contributed by atoms with E-state index in [1.165, 1.54) is 36.2 Å². The maximum absolute atomic E-state index is 14.4. The number of nitrogens with one attached hydrogen (secondary N) is 1. The predicted molar refractivity (Wildman–Crippen MR) is 173 cm³/mol. The fraction of sp³-hybridized carbons (Fsp3) is 0.235. The van der Waals surface area contributed by atoms with Crippen LogP contribution in [0.2, 0.25) is 5.02 Å². The minimum atomic E-state index is -4.23. The van der Waals surface area contributed by atoms with Gasteiger partial charge in [-0.25, -0.2) is 8.42 Å². The zero-order valence-corrected chi connectivity index (χ0v) is 26.5. The quantitative estimate of drug-likeness (QED) is 0.206. The van der Waals surface area contributed by atoms with Crippen LogP contribution in [0.4, 0.5) is 5.69 Å². The molecule has 4 aromatic carbocycles. The highest BCUT2D eigenvalue weighted by Crippen LogP contribution is 2.28. The minimum Gasteiger partial charge on any atom is -0.494 e. The van der Waals surface area contributed by atoms with Crippen LogP contribution < -0.4 is 14.4 Å². The Kier molecular flexibility index (Phi) is 11.0. The van der Waals surface area contributed by atoms with E-state index in [0.29, 0.717) is 17.4 Å². The maximum Gasteiger partial charge on any atom is 0.264 e. The first kappa shape index (κ1) is 32.6. The van der Waals surface area contributed by atoms with Gasteiger partial charge in [0.15, 0.2) is 0 Å². The van der Waals surface area contributed by atoms with Crippen molar-refractivity contribution in [2.45, 2.75) is 37.8 Å². The van der Waals surface area contributed by atoms with E-state index in [4.69, 9.17) is 16.3 Å². The van der Waals surface area contributed by atoms with Gasteiger partial charge < -0.3 is 15.0 Å². The molecule has 0 aliphatic rings. The number of hydrogen-bond donors (Lipinski definition) is 1. The van der Waals surface area contributed by atoms with Gasteiger partial charge in [0, 0.05) is 25.0 Å². The first-order chi connectivity index (χ1) is 21.1. The number of anilines is 1. The third kappa shape index (κ3) is 8.18. The topological polar surface area (TPSA) is 96.0 Å². The first-order valence-electron chi connectivity index (χ1n) is 14.2. The van der Waals surface area contributed by atoms with Crippen LogP contribution in [0.25, 0.3) is 0 Å². The molecule has 0 bridgehead atoms. The second-order valence-corrected chi connectivity index (χ2v) is 12.5. The molecular formula is C34H36ClN3O5S. The van der Waals surface area contributed by atoms with Crippen molar-refractivity contribution in [3.63, 3.8) is 0 Å². The number of likely N-dealkylation sites (N-methyl/N-ethyl adjacent to an activating group) is 1. The number of nitrogens with zero attached hydrogens (tertiary/aromatic N) is 2. The molecule has 1 atom stereocenters. The molecule has 4 aromatic rings. The second kappa shape index (κ2) is 14.9. The molecule has 1 N–H and O–H groups in total. The number of halogens is 1. The first-order valence-corrected chi connectivity index (χ1v) is 16.1. The van der Waals surface area contributed by atoms with Crippen LogP contribution in [0.1, 0.15) is 23.6 Å². The van der Waals surface area contributed by atoms with Crippen LogP contribution in [0, 0.1) is 6.92 Å². The Hall–Kier alpha value is -4.34. The van der Waals surface area contributed by atoms with Gasteiger partial charge in [0.25, 0.3) is 10.0 Å². The molecule has 0 saturated carbocycles. The fourth-order valence-corrected chi connectivity index (χ4v) is 6.41. The van der Waals surface area contributed by atoms with Gasteiger partial charge in [0.2, 0.25) is 11.8 Å². The minimum absolute atomic E-state index is 0.0269. The van der Waals surface area contributed by atoms with Crippen molar-refractivity contribution in [3.05, 3.63) is 125 Å². The Morgan fingerprint density at radius 1 is 0.886 bits per heavy atom. The molecule has 8 nitrogen and oxygen atoms in total. The summed E-state index contributed by atoms with van der Waals surface area (Å²) in [5.41, 5.74) is 2.94. The molecule has 4 rings (SSSR count). The molecule has 0 aliphatic carbocycles. The molecule has 0 saturated heterocycles. The summed E-state index contributed by atoms with van der Waals surface area (Å²) in [5.74, 6) is -0.333. The van der Waals surface area contributed by atoms with Crippen molar-refractivity contribution in [3.8, 4) is 5.75 Å². The Morgan fingerprint density at radius 3 is 2.16 bits per heavy atom. The van der Waals surface area contributed by atoms with Crippen molar-refractivity contribution in [1.82, 2.24) is 10.2 Å². The lowest BCUT2D eigenvalue weighted by molar-refractivity contribution is -0.139. The van der Waals surface area contributed by atoms with Crippen molar-refractivity contribution in [1.29, 1.82) is 0 Å². The van der Waals surface area contributed by atoms with Crippen LogP contribution in [-0.4, -0.2) is 51.4 Å². The summed E-state index contributed by atoms with van der Waals surface area (Å²) in [4.78, 5) is 29.2. The molecule has 44 heavy (non-hydrogen) atoms. The fourth-order valence-electron chi connectivity index (χ4n) is 4.87. The summed E-state index contributed by atoms with van der Waals surface area (Å²) in [5, 5.41) is 3.07. The standard InChI is InChI=1S/C34H36ClN3O5S/c1-4-43-30-17-15-29(16-18-30)38(44(41,42)31-19-13-28(35)14-20-31)24-33(39)37(23-27-12-8-9-25(2)21-27)32(34(40)36-3)22-26-10-6-5-7-11-26/h5-21,32H,4,22-24H2,1-3H3,(H,36,40)/t32-/m0/s1. The lowest BCUT2D eigenvalue weighted by Gasteiger charge is -2.33. The Morgan fingerprint density at radius 2 is 1.55 bits per heavy atom. The number of rotatable bonds is 13. The highest BCUT2D eigenvalue weighted by atomic mass is 35.5. The summed E-state index contributed by atoms with van der Waals surface area (Å²) >= 11 is 6.04. The van der Waals surface area contributed by atoms with Gasteiger partial charge in [-0.15, -0.1) is 0 Å². The van der Waals surface area contributed by atoms with Crippen molar-refractivity contribution in [2.24, 2.45) is 0 Å². The van der Waals surface area contributed by atoms with E-state index in [0.717, 1.165) is 21.0 Å². The van der Waals surface area contributed by atoms with Crippen molar-refractivity contribution >= 4 is 39.1 Å². The Labute approximate surface area is 264 Å². The average molecular weight is 634 g/mol. The highest BCUT2D eigenvalue weighted by Gasteiger charge is 2.34. The monoisotopic (exact) mass is 633 g/mol. The molecule has 0 aliphatic heterocycles. The summed E-state index contributed by atoms with van der Waals surface area (Å²) in [6, 6.07) is 28.4. The summed E-state index contributed by atoms with van der Waals surface area (Å²) in [6.07, 6.45) is 0.241. The molecule has 0 aromatic heterocycles. The van der Waals surface area contributed by atoms with Crippen LogP contribution >= 0.6 is 11.6 Å². The highest BCUT2D eigenvalue weighted by molar-refractivity contribution is 7.92. The number of aryl methyl sites for hydroxylation is 1. The molecule has 0 fully saturated rings. The van der Waals surface area contributed by atoms with Crippen LogP contribution in [0.3, 0.4) is 0 Å². The van der Waals surface area contributed by atoms with Gasteiger partial charge in [0.05, 0.1) is 17.2 Å². The molecule has 0 unspecified atom stereocenters. The van der Waals surface area contributed by atoms with E-state index in [1.54, 1.807) is 24.3 Å². The number of ether oxygens (including phenoxy) is 1. The Balaban J connectivity index is 1.78. The zero-order valence-electron chi connectivity index (χ0n) is 24.9. The molecular weight excluding hydrogens is 598 g/mol. The van der Waals surface area contributed by atoms with Crippen LogP contribution in [0.15, 0.2) is 108 Å². The van der Waals surface area contributed by atoms with E-state index < -0.39 is 28.5 Å². The zero-order chi connectivity index (χ0) is 31.7. The normalized spacial score (nSPS) is 11.8. The van der Waals surface area contributed by atoms with Gasteiger partial charge in [-0.2, -0.15) is 0 Å². The van der Waals surface area contributed by atoms with Crippen LogP contribution in [-0.2, 0) is 32.6 Å². The lowest BCUT2D eigenvalue weighted by atomic mass is 10.0. The number of benzene rings is 4. The van der Waals surface area contributed by atoms with E-state index in [9.17, 15) is 18.0 Å². The SMILES string of the molecule is CCOc1ccc(N(CC(=O)N(Cc2cccc(C)c2)[C@@H](Cc2ccccc2)C(=O)NC)S(=O)(=O)c2ccc(Cl)cc2)cc1. The van der Waals surface area contributed by atoms with E-state index in [1.807, 2.05) is 68.4 Å². The number of sulfonamides is 1. The number of carbonyl (C=O) groups excluding carboxylic acids is 2. The molecule has 0 spiro atoms. The largest absolute Gasteiger partial charge is 0.494 e. The third-order valence-electron chi connectivity index (χ3n) is 7.07. The predicted octanol–water partition coefficient (Wildman–Crippen LogP) is 5.63. The van der Waals surface area contributed by atoms with E-state index in [2.05, 4.69) is 5.32 Å². The molecule has 2 amide bonds. The summed E-state index contributed by atoms with van der Waals surface area (Å²) in [7, 11) is -2.71. The van der Waals surface area contributed by atoms with Gasteiger partial charge in [-0.3, -0.25) is 13.9 Å². The van der Waals surface area contributed by atoms with Crippen molar-refractivity contribution < 1.29 is 22.7 Å². The smallest absolute Gasteiger partial charge is 0.264 e. The summed E-state index contributed by atoms with van der Waals surface area (Å²) in [6.45, 7) is 3.80. The number of carbonyl (C=O) groups is 2. The molecule has 10 heteroatoms. The van der Waals surface area contributed by atoms with Gasteiger partial charge in [-0.1, -0.05) is 71.8 Å². The third-order valence-corrected chi connectivity index (χ3v) is 9.11. The van der Waals surface area contributed by atoms with Crippen LogP contribution in [0.5, 0.6) is 5.75 Å². The van der Waals surface area contributed by atoms with Gasteiger partial charge >= 0.3 is 0 Å². The lowest BCUT2D eigenvalue weighted by Crippen LogP contribution is -2.53. The van der Waals surface area contributed by atoms with Crippen molar-refractivity contribution in [2.75, 3.05) is 24.5 Å². The second-order valence-electron chi connectivity index (χ2n) is 10.2. The Bertz CT molecular complexity index is 1660. The molecule has 0 heterocycles. The summed E-state index contributed by atoms with van der Waals surface area (Å²) < 4.78 is 34.7. The van der Waals surface area contributed by atoms with Gasteiger partial charge in [-0.05, 0) is 73.5 Å². The maximum atomic E-state index is 14.4. The average Bonchev–Trinajstić information content (AvgIpc) is 3.02. The molecule has 0 radical (unpaired) electrons. The van der Waals surface area contributed by atoms with E-state index >= 15 is 0 Å². The van der Waals surface area contributed by atoms with Gasteiger partial charge in [0.1, 0.15) is 18.3 Å².